The standard InChI is InChI=1S/C15H16N2O4/c1-17(19-2)15(18)11-20-12-6-8-13(9-7-12)21-14-5-3-4-10-16-14/h3-10H,11H2,1-2H3. The summed E-state index contributed by atoms with van der Waals surface area (Å²) in [6.45, 7) is -0.0925. The Morgan fingerprint density at radius 2 is 1.86 bits per heavy atom. The van der Waals surface area contributed by atoms with Crippen LogP contribution in [0, 0.1) is 0 Å². The van der Waals surface area contributed by atoms with Gasteiger partial charge in [0, 0.05) is 19.3 Å². The monoisotopic (exact) mass is 288 g/mol. The molecule has 0 N–H and O–H groups in total. The van der Waals surface area contributed by atoms with Gasteiger partial charge in [0.1, 0.15) is 11.5 Å². The highest BCUT2D eigenvalue weighted by Gasteiger charge is 2.08. The molecular weight excluding hydrogens is 272 g/mol. The summed E-state index contributed by atoms with van der Waals surface area (Å²) in [4.78, 5) is 20.3. The molecule has 0 spiro atoms. The van der Waals surface area contributed by atoms with Gasteiger partial charge in [-0.05, 0) is 30.3 Å². The highest BCUT2D eigenvalue weighted by atomic mass is 16.7. The van der Waals surface area contributed by atoms with Gasteiger partial charge in [0.2, 0.25) is 5.88 Å². The lowest BCUT2D eigenvalue weighted by atomic mass is 10.3. The first-order valence-corrected chi connectivity index (χ1v) is 6.31. The van der Waals surface area contributed by atoms with Gasteiger partial charge in [-0.3, -0.25) is 9.63 Å². The van der Waals surface area contributed by atoms with Crippen LogP contribution in [-0.4, -0.2) is 36.7 Å². The summed E-state index contributed by atoms with van der Waals surface area (Å²) in [6, 6.07) is 12.4. The molecule has 0 aliphatic heterocycles. The first-order valence-electron chi connectivity index (χ1n) is 6.31. The van der Waals surface area contributed by atoms with Crippen molar-refractivity contribution in [3.63, 3.8) is 0 Å². The molecule has 1 heterocycles. The fourth-order valence-electron chi connectivity index (χ4n) is 1.47. The number of hydroxylamine groups is 2. The lowest BCUT2D eigenvalue weighted by Gasteiger charge is -2.14. The second-order valence-corrected chi connectivity index (χ2v) is 4.10. The van der Waals surface area contributed by atoms with Crippen LogP contribution in [-0.2, 0) is 9.63 Å². The number of aromatic nitrogens is 1. The molecule has 0 aliphatic rings. The number of carbonyl (C=O) groups excluding carboxylic acids is 1. The summed E-state index contributed by atoms with van der Waals surface area (Å²) in [6.07, 6.45) is 1.66. The third kappa shape index (κ3) is 4.47. The maximum Gasteiger partial charge on any atom is 0.283 e. The van der Waals surface area contributed by atoms with Crippen molar-refractivity contribution < 1.29 is 19.1 Å². The Kier molecular flexibility index (Phi) is 5.11. The van der Waals surface area contributed by atoms with Crippen LogP contribution in [0.3, 0.4) is 0 Å². The van der Waals surface area contributed by atoms with Gasteiger partial charge in [-0.1, -0.05) is 6.07 Å². The zero-order valence-corrected chi connectivity index (χ0v) is 11.9. The van der Waals surface area contributed by atoms with Crippen LogP contribution >= 0.6 is 0 Å². The van der Waals surface area contributed by atoms with Crippen molar-refractivity contribution in [1.29, 1.82) is 0 Å². The Labute approximate surface area is 122 Å². The van der Waals surface area contributed by atoms with Gasteiger partial charge in [0.05, 0.1) is 7.11 Å². The minimum absolute atomic E-state index is 0.0925. The zero-order valence-electron chi connectivity index (χ0n) is 11.9. The maximum absolute atomic E-state index is 11.5. The Balaban J connectivity index is 1.89. The lowest BCUT2D eigenvalue weighted by molar-refractivity contribution is -0.170. The molecule has 0 atom stereocenters. The number of hydrogen-bond acceptors (Lipinski definition) is 5. The van der Waals surface area contributed by atoms with E-state index in [4.69, 9.17) is 14.3 Å². The molecule has 1 amide bonds. The first kappa shape index (κ1) is 14.8. The topological polar surface area (TPSA) is 60.9 Å². The smallest absolute Gasteiger partial charge is 0.283 e. The molecule has 1 aromatic heterocycles. The van der Waals surface area contributed by atoms with E-state index in [1.54, 1.807) is 36.5 Å². The van der Waals surface area contributed by atoms with E-state index in [2.05, 4.69) is 4.98 Å². The number of benzene rings is 1. The molecule has 21 heavy (non-hydrogen) atoms. The van der Waals surface area contributed by atoms with Crippen LogP contribution in [0.25, 0.3) is 0 Å². The van der Waals surface area contributed by atoms with Crippen LogP contribution in [0.5, 0.6) is 17.4 Å². The van der Waals surface area contributed by atoms with E-state index in [1.165, 1.54) is 14.2 Å². The molecule has 0 radical (unpaired) electrons. The Bertz CT molecular complexity index is 572. The molecule has 1 aromatic carbocycles. The third-order valence-electron chi connectivity index (χ3n) is 2.67. The van der Waals surface area contributed by atoms with E-state index in [0.29, 0.717) is 17.4 Å². The van der Waals surface area contributed by atoms with Crippen molar-refractivity contribution in [3.8, 4) is 17.4 Å². The number of hydrogen-bond donors (Lipinski definition) is 0. The van der Waals surface area contributed by atoms with E-state index in [-0.39, 0.29) is 12.5 Å². The summed E-state index contributed by atoms with van der Waals surface area (Å²) in [7, 11) is 2.94. The summed E-state index contributed by atoms with van der Waals surface area (Å²) >= 11 is 0. The highest BCUT2D eigenvalue weighted by Crippen LogP contribution is 2.22. The fraction of sp³-hybridized carbons (Fsp3) is 0.200. The van der Waals surface area contributed by atoms with Gasteiger partial charge in [-0.2, -0.15) is 0 Å². The van der Waals surface area contributed by atoms with Gasteiger partial charge >= 0.3 is 0 Å². The van der Waals surface area contributed by atoms with Gasteiger partial charge in [-0.15, -0.1) is 0 Å². The van der Waals surface area contributed by atoms with E-state index in [1.807, 2.05) is 12.1 Å². The van der Waals surface area contributed by atoms with Crippen molar-refractivity contribution >= 4 is 5.91 Å². The van der Waals surface area contributed by atoms with E-state index >= 15 is 0 Å². The van der Waals surface area contributed by atoms with Crippen molar-refractivity contribution in [2.24, 2.45) is 0 Å². The Morgan fingerprint density at radius 3 is 2.48 bits per heavy atom. The number of likely N-dealkylation sites (N-methyl/N-ethyl adjacent to an activating group) is 1. The van der Waals surface area contributed by atoms with Crippen LogP contribution in [0.4, 0.5) is 0 Å². The molecule has 110 valence electrons. The molecule has 2 rings (SSSR count). The number of rotatable bonds is 6. The van der Waals surface area contributed by atoms with Crippen LogP contribution in [0.1, 0.15) is 0 Å². The molecule has 2 aromatic rings. The average molecular weight is 288 g/mol. The van der Waals surface area contributed by atoms with Gasteiger partial charge in [0.25, 0.3) is 5.91 Å². The maximum atomic E-state index is 11.5. The molecular formula is C15H16N2O4. The molecule has 6 heteroatoms. The minimum Gasteiger partial charge on any atom is -0.484 e. The largest absolute Gasteiger partial charge is 0.484 e. The number of pyridine rings is 1. The predicted molar refractivity (Wildman–Crippen MR) is 76.0 cm³/mol. The third-order valence-corrected chi connectivity index (χ3v) is 2.67. The van der Waals surface area contributed by atoms with Crippen LogP contribution in [0.2, 0.25) is 0 Å². The normalized spacial score (nSPS) is 10.0. The van der Waals surface area contributed by atoms with Crippen molar-refractivity contribution in [1.82, 2.24) is 10.0 Å². The Hall–Kier alpha value is -2.60. The van der Waals surface area contributed by atoms with Crippen LogP contribution in [0.15, 0.2) is 48.7 Å². The van der Waals surface area contributed by atoms with Gasteiger partial charge < -0.3 is 9.47 Å². The summed E-state index contributed by atoms with van der Waals surface area (Å²) in [5, 5.41) is 1.11. The summed E-state index contributed by atoms with van der Waals surface area (Å²) in [5.41, 5.74) is 0. The number of carbonyl (C=O) groups is 1. The summed E-state index contributed by atoms with van der Waals surface area (Å²) < 4.78 is 10.9. The van der Waals surface area contributed by atoms with Crippen molar-refractivity contribution in [3.05, 3.63) is 48.7 Å². The highest BCUT2D eigenvalue weighted by molar-refractivity contribution is 5.76. The number of nitrogens with zero attached hydrogens (tertiary/aromatic N) is 2. The minimum atomic E-state index is -0.272. The van der Waals surface area contributed by atoms with Crippen LogP contribution < -0.4 is 9.47 Å². The predicted octanol–water partition coefficient (Wildman–Crippen LogP) is 2.27. The second kappa shape index (κ2) is 7.25. The van der Waals surface area contributed by atoms with Crippen molar-refractivity contribution in [2.45, 2.75) is 0 Å². The molecule has 6 nitrogen and oxygen atoms in total. The number of amides is 1. The van der Waals surface area contributed by atoms with E-state index in [0.717, 1.165) is 5.06 Å². The van der Waals surface area contributed by atoms with E-state index in [9.17, 15) is 4.79 Å². The zero-order chi connectivity index (χ0) is 15.1. The molecule has 0 unspecified atom stereocenters. The van der Waals surface area contributed by atoms with Gasteiger partial charge in [0.15, 0.2) is 6.61 Å². The molecule has 0 saturated carbocycles. The molecule has 0 fully saturated rings. The quantitative estimate of drug-likeness (QED) is 0.763. The second-order valence-electron chi connectivity index (χ2n) is 4.10. The molecule has 0 bridgehead atoms. The fourth-order valence-corrected chi connectivity index (χ4v) is 1.47. The first-order chi connectivity index (χ1) is 10.2. The average Bonchev–Trinajstić information content (AvgIpc) is 2.54. The lowest BCUT2D eigenvalue weighted by Crippen LogP contribution is -2.30. The van der Waals surface area contributed by atoms with Crippen molar-refractivity contribution in [2.75, 3.05) is 20.8 Å². The van der Waals surface area contributed by atoms with E-state index < -0.39 is 0 Å². The van der Waals surface area contributed by atoms with Gasteiger partial charge in [-0.25, -0.2) is 10.0 Å². The molecule has 0 saturated heterocycles. The molecule has 0 aliphatic carbocycles. The Morgan fingerprint density at radius 1 is 1.14 bits per heavy atom. The SMILES string of the molecule is CON(C)C(=O)COc1ccc(Oc2ccccn2)cc1. The number of ether oxygens (including phenoxy) is 2. The summed E-state index contributed by atoms with van der Waals surface area (Å²) in [5.74, 6) is 1.46.